The third-order valence-corrected chi connectivity index (χ3v) is 5.95. The van der Waals surface area contributed by atoms with Gasteiger partial charge in [-0.15, -0.1) is 0 Å². The molecule has 3 aromatic rings. The van der Waals surface area contributed by atoms with Crippen LogP contribution in [0, 0.1) is 0 Å². The Labute approximate surface area is 181 Å². The molecule has 0 N–H and O–H groups in total. The summed E-state index contributed by atoms with van der Waals surface area (Å²) in [6, 6.07) is 32.2. The molecule has 3 nitrogen and oxygen atoms in total. The standard InChI is InChI=1S/C27H33N3/c1-21(24-15-9-6-10-16-24)28-27(29(4)22(2)25-17-11-7-12-18-25)30(5)23(3)26-19-13-8-14-20-26/h6-23H,1-5H3/t21-,22-,23-/m0/s1. The Kier molecular flexibility index (Phi) is 7.29. The second-order valence-corrected chi connectivity index (χ2v) is 7.91. The van der Waals surface area contributed by atoms with Crippen molar-refractivity contribution in [1.29, 1.82) is 0 Å². The molecule has 0 fully saturated rings. The van der Waals surface area contributed by atoms with Crippen LogP contribution < -0.4 is 0 Å². The molecular formula is C27H33N3. The second-order valence-electron chi connectivity index (χ2n) is 7.91. The molecule has 3 aromatic carbocycles. The third kappa shape index (κ3) is 5.10. The zero-order valence-corrected chi connectivity index (χ0v) is 18.7. The topological polar surface area (TPSA) is 18.8 Å². The minimum atomic E-state index is 0.0667. The lowest BCUT2D eigenvalue weighted by Gasteiger charge is -2.37. The summed E-state index contributed by atoms with van der Waals surface area (Å²) in [5, 5.41) is 0. The van der Waals surface area contributed by atoms with Crippen LogP contribution in [-0.4, -0.2) is 29.9 Å². The molecule has 0 bridgehead atoms. The van der Waals surface area contributed by atoms with Gasteiger partial charge in [0.1, 0.15) is 0 Å². The maximum absolute atomic E-state index is 5.21. The predicted octanol–water partition coefficient (Wildman–Crippen LogP) is 6.49. The zero-order chi connectivity index (χ0) is 21.5. The molecule has 0 aliphatic carbocycles. The highest BCUT2D eigenvalue weighted by atomic mass is 15.4. The number of guanidine groups is 1. The summed E-state index contributed by atoms with van der Waals surface area (Å²) < 4.78 is 0. The zero-order valence-electron chi connectivity index (χ0n) is 18.7. The van der Waals surface area contributed by atoms with Gasteiger partial charge < -0.3 is 9.80 Å². The van der Waals surface area contributed by atoms with Crippen molar-refractivity contribution in [3.8, 4) is 0 Å². The fraction of sp³-hybridized carbons (Fsp3) is 0.296. The Hall–Kier alpha value is -3.07. The van der Waals surface area contributed by atoms with E-state index in [9.17, 15) is 0 Å². The van der Waals surface area contributed by atoms with Gasteiger partial charge in [0.2, 0.25) is 0 Å². The van der Waals surface area contributed by atoms with Gasteiger partial charge in [-0.2, -0.15) is 0 Å². The first-order chi connectivity index (χ1) is 14.5. The van der Waals surface area contributed by atoms with E-state index in [0.29, 0.717) is 0 Å². The monoisotopic (exact) mass is 399 g/mol. The van der Waals surface area contributed by atoms with Gasteiger partial charge in [-0.1, -0.05) is 91.0 Å². The van der Waals surface area contributed by atoms with Crippen molar-refractivity contribution < 1.29 is 0 Å². The third-order valence-electron chi connectivity index (χ3n) is 5.95. The fourth-order valence-corrected chi connectivity index (χ4v) is 3.67. The fourth-order valence-electron chi connectivity index (χ4n) is 3.67. The van der Waals surface area contributed by atoms with Crippen LogP contribution in [-0.2, 0) is 0 Å². The minimum absolute atomic E-state index is 0.0667. The summed E-state index contributed by atoms with van der Waals surface area (Å²) >= 11 is 0. The highest BCUT2D eigenvalue weighted by Crippen LogP contribution is 2.26. The number of benzene rings is 3. The molecule has 156 valence electrons. The van der Waals surface area contributed by atoms with Crippen LogP contribution >= 0.6 is 0 Å². The summed E-state index contributed by atoms with van der Waals surface area (Å²) in [5.41, 5.74) is 3.78. The Balaban J connectivity index is 1.96. The van der Waals surface area contributed by atoms with Crippen molar-refractivity contribution >= 4 is 5.96 Å². The molecule has 0 aliphatic heterocycles. The predicted molar refractivity (Wildman–Crippen MR) is 128 cm³/mol. The molecule has 0 amide bonds. The van der Waals surface area contributed by atoms with E-state index in [0.717, 1.165) is 5.96 Å². The minimum Gasteiger partial charge on any atom is -0.339 e. The van der Waals surface area contributed by atoms with E-state index < -0.39 is 0 Å². The van der Waals surface area contributed by atoms with E-state index in [1.165, 1.54) is 16.7 Å². The molecule has 3 heteroatoms. The second kappa shape index (κ2) is 10.1. The lowest BCUT2D eigenvalue weighted by molar-refractivity contribution is 0.295. The lowest BCUT2D eigenvalue weighted by atomic mass is 10.1. The Morgan fingerprint density at radius 3 is 1.27 bits per heavy atom. The Morgan fingerprint density at radius 2 is 0.900 bits per heavy atom. The summed E-state index contributed by atoms with van der Waals surface area (Å²) in [6.45, 7) is 6.63. The van der Waals surface area contributed by atoms with Crippen molar-refractivity contribution in [2.45, 2.75) is 38.9 Å². The van der Waals surface area contributed by atoms with Crippen molar-refractivity contribution in [2.75, 3.05) is 14.1 Å². The Morgan fingerprint density at radius 1 is 0.567 bits per heavy atom. The summed E-state index contributed by atoms with van der Waals surface area (Å²) in [7, 11) is 4.28. The molecule has 3 atom stereocenters. The van der Waals surface area contributed by atoms with Crippen LogP contribution in [0.2, 0.25) is 0 Å². The van der Waals surface area contributed by atoms with Crippen LogP contribution in [0.15, 0.2) is 96.0 Å². The van der Waals surface area contributed by atoms with E-state index in [-0.39, 0.29) is 18.1 Å². The first-order valence-corrected chi connectivity index (χ1v) is 10.7. The smallest absolute Gasteiger partial charge is 0.197 e. The van der Waals surface area contributed by atoms with Crippen LogP contribution in [0.4, 0.5) is 0 Å². The maximum atomic E-state index is 5.21. The molecule has 0 spiro atoms. The lowest BCUT2D eigenvalue weighted by Crippen LogP contribution is -2.43. The van der Waals surface area contributed by atoms with Crippen LogP contribution in [0.25, 0.3) is 0 Å². The number of hydrogen-bond donors (Lipinski definition) is 0. The van der Waals surface area contributed by atoms with E-state index in [2.05, 4.69) is 130 Å². The van der Waals surface area contributed by atoms with Crippen molar-refractivity contribution in [1.82, 2.24) is 9.80 Å². The van der Waals surface area contributed by atoms with Gasteiger partial charge in [0.25, 0.3) is 0 Å². The quantitative estimate of drug-likeness (QED) is 0.348. The first kappa shape index (κ1) is 21.6. The van der Waals surface area contributed by atoms with E-state index in [1.54, 1.807) is 0 Å². The van der Waals surface area contributed by atoms with Crippen LogP contribution in [0.3, 0.4) is 0 Å². The number of nitrogens with zero attached hydrogens (tertiary/aromatic N) is 3. The van der Waals surface area contributed by atoms with E-state index in [4.69, 9.17) is 4.99 Å². The van der Waals surface area contributed by atoms with Crippen LogP contribution in [0.5, 0.6) is 0 Å². The van der Waals surface area contributed by atoms with Crippen molar-refractivity contribution in [2.24, 2.45) is 4.99 Å². The summed E-state index contributed by atoms with van der Waals surface area (Å²) in [6.07, 6.45) is 0. The average molecular weight is 400 g/mol. The van der Waals surface area contributed by atoms with Gasteiger partial charge in [-0.25, -0.2) is 4.99 Å². The molecule has 0 unspecified atom stereocenters. The van der Waals surface area contributed by atoms with E-state index >= 15 is 0 Å². The number of hydrogen-bond acceptors (Lipinski definition) is 1. The molecule has 0 saturated carbocycles. The number of aliphatic imine (C=N–C) groups is 1. The van der Waals surface area contributed by atoms with Gasteiger partial charge >= 0.3 is 0 Å². The molecule has 3 rings (SSSR count). The summed E-state index contributed by atoms with van der Waals surface area (Å²) in [5.74, 6) is 0.985. The molecular weight excluding hydrogens is 366 g/mol. The van der Waals surface area contributed by atoms with Gasteiger partial charge in [-0.3, -0.25) is 0 Å². The van der Waals surface area contributed by atoms with Gasteiger partial charge in [0.15, 0.2) is 5.96 Å². The van der Waals surface area contributed by atoms with E-state index in [1.807, 2.05) is 6.07 Å². The molecule has 30 heavy (non-hydrogen) atoms. The normalized spacial score (nSPS) is 13.8. The molecule has 0 aromatic heterocycles. The first-order valence-electron chi connectivity index (χ1n) is 10.7. The maximum Gasteiger partial charge on any atom is 0.197 e. The largest absolute Gasteiger partial charge is 0.339 e. The molecule has 0 aliphatic rings. The molecule has 0 radical (unpaired) electrons. The van der Waals surface area contributed by atoms with Gasteiger partial charge in [0.05, 0.1) is 18.1 Å². The average Bonchev–Trinajstić information content (AvgIpc) is 2.82. The molecule has 0 saturated heterocycles. The van der Waals surface area contributed by atoms with Gasteiger partial charge in [0, 0.05) is 14.1 Å². The highest BCUT2D eigenvalue weighted by Gasteiger charge is 2.24. The van der Waals surface area contributed by atoms with Crippen molar-refractivity contribution in [3.63, 3.8) is 0 Å². The Bertz CT molecular complexity index is 869. The van der Waals surface area contributed by atoms with Crippen LogP contribution in [0.1, 0.15) is 55.6 Å². The molecule has 0 heterocycles. The summed E-state index contributed by atoms with van der Waals surface area (Å²) in [4.78, 5) is 9.78. The van der Waals surface area contributed by atoms with Gasteiger partial charge in [-0.05, 0) is 37.5 Å². The highest BCUT2D eigenvalue weighted by molar-refractivity contribution is 5.81. The SMILES string of the molecule is C[C@H](N=C(N(C)[C@@H](C)c1ccccc1)N(C)[C@@H](C)c1ccccc1)c1ccccc1. The number of rotatable bonds is 6. The van der Waals surface area contributed by atoms with Crippen molar-refractivity contribution in [3.05, 3.63) is 108 Å².